The van der Waals surface area contributed by atoms with Crippen LogP contribution in [0.5, 0.6) is 0 Å². The summed E-state index contributed by atoms with van der Waals surface area (Å²) < 4.78 is 39.1. The Bertz CT molecular complexity index is 575. The number of aliphatic hydroxyl groups excluding tert-OH is 1. The zero-order chi connectivity index (χ0) is 15.5. The molecule has 0 aliphatic heterocycles. The fourth-order valence-electron chi connectivity index (χ4n) is 2.16. The lowest BCUT2D eigenvalue weighted by atomic mass is 10.0. The SMILES string of the molecule is Cn1nccc1CCC(O)Cc1ccc(C(F)(F)F)cc1. The van der Waals surface area contributed by atoms with Gasteiger partial charge in [0, 0.05) is 18.9 Å². The van der Waals surface area contributed by atoms with E-state index in [1.165, 1.54) is 12.1 Å². The molecule has 0 spiro atoms. The first kappa shape index (κ1) is 15.6. The summed E-state index contributed by atoms with van der Waals surface area (Å²) in [5, 5.41) is 14.0. The first-order valence-electron chi connectivity index (χ1n) is 6.67. The van der Waals surface area contributed by atoms with Gasteiger partial charge < -0.3 is 5.11 Å². The molecule has 21 heavy (non-hydrogen) atoms. The van der Waals surface area contributed by atoms with Gasteiger partial charge in [-0.3, -0.25) is 4.68 Å². The van der Waals surface area contributed by atoms with Crippen molar-refractivity contribution < 1.29 is 18.3 Å². The van der Waals surface area contributed by atoms with E-state index < -0.39 is 17.8 Å². The van der Waals surface area contributed by atoms with E-state index >= 15 is 0 Å². The summed E-state index contributed by atoms with van der Waals surface area (Å²) in [4.78, 5) is 0. The van der Waals surface area contributed by atoms with Crippen molar-refractivity contribution in [2.75, 3.05) is 0 Å². The van der Waals surface area contributed by atoms with Crippen LogP contribution in [0.1, 0.15) is 23.2 Å². The molecule has 1 N–H and O–H groups in total. The van der Waals surface area contributed by atoms with Crippen LogP contribution in [-0.4, -0.2) is 21.0 Å². The van der Waals surface area contributed by atoms with E-state index in [1.54, 1.807) is 10.9 Å². The summed E-state index contributed by atoms with van der Waals surface area (Å²) in [5.74, 6) is 0. The summed E-state index contributed by atoms with van der Waals surface area (Å²) in [6.45, 7) is 0. The van der Waals surface area contributed by atoms with Gasteiger partial charge in [0.1, 0.15) is 0 Å². The molecule has 1 aromatic carbocycles. The largest absolute Gasteiger partial charge is 0.416 e. The van der Waals surface area contributed by atoms with Crippen molar-refractivity contribution in [2.45, 2.75) is 31.5 Å². The molecule has 2 aromatic rings. The Morgan fingerprint density at radius 2 is 1.86 bits per heavy atom. The zero-order valence-corrected chi connectivity index (χ0v) is 11.6. The highest BCUT2D eigenvalue weighted by Gasteiger charge is 2.29. The second-order valence-electron chi connectivity index (χ2n) is 5.04. The Balaban J connectivity index is 1.88. The first-order valence-corrected chi connectivity index (χ1v) is 6.67. The van der Waals surface area contributed by atoms with Crippen LogP contribution in [0.4, 0.5) is 13.2 Å². The van der Waals surface area contributed by atoms with Gasteiger partial charge in [0.25, 0.3) is 0 Å². The average molecular weight is 298 g/mol. The Morgan fingerprint density at radius 3 is 2.38 bits per heavy atom. The molecule has 0 saturated heterocycles. The maximum atomic E-state index is 12.4. The Hall–Kier alpha value is -1.82. The van der Waals surface area contributed by atoms with Crippen molar-refractivity contribution in [3.63, 3.8) is 0 Å². The van der Waals surface area contributed by atoms with Crippen LogP contribution in [0.25, 0.3) is 0 Å². The van der Waals surface area contributed by atoms with Crippen molar-refractivity contribution in [2.24, 2.45) is 7.05 Å². The highest BCUT2D eigenvalue weighted by atomic mass is 19.4. The number of alkyl halides is 3. The van der Waals surface area contributed by atoms with Gasteiger partial charge in [-0.25, -0.2) is 0 Å². The second kappa shape index (κ2) is 6.30. The van der Waals surface area contributed by atoms with Gasteiger partial charge in [-0.1, -0.05) is 12.1 Å². The normalized spacial score (nSPS) is 13.4. The van der Waals surface area contributed by atoms with Gasteiger partial charge >= 0.3 is 6.18 Å². The molecule has 114 valence electrons. The Kier molecular flexibility index (Phi) is 4.67. The number of rotatable bonds is 5. The van der Waals surface area contributed by atoms with E-state index in [0.717, 1.165) is 17.8 Å². The maximum Gasteiger partial charge on any atom is 0.416 e. The number of aromatic nitrogens is 2. The molecular weight excluding hydrogens is 281 g/mol. The summed E-state index contributed by atoms with van der Waals surface area (Å²) in [6, 6.07) is 6.80. The van der Waals surface area contributed by atoms with Crippen molar-refractivity contribution in [3.05, 3.63) is 53.3 Å². The molecule has 1 unspecified atom stereocenters. The minimum Gasteiger partial charge on any atom is -0.393 e. The molecule has 0 fully saturated rings. The van der Waals surface area contributed by atoms with Crippen molar-refractivity contribution in [3.8, 4) is 0 Å². The summed E-state index contributed by atoms with van der Waals surface area (Å²) in [6.07, 6.45) is -1.65. The van der Waals surface area contributed by atoms with E-state index in [1.807, 2.05) is 13.1 Å². The number of hydrogen-bond acceptors (Lipinski definition) is 2. The van der Waals surface area contributed by atoms with Gasteiger partial charge in [-0.05, 0) is 43.0 Å². The third kappa shape index (κ3) is 4.32. The topological polar surface area (TPSA) is 38.0 Å². The van der Waals surface area contributed by atoms with Gasteiger partial charge in [0.15, 0.2) is 0 Å². The molecule has 1 heterocycles. The number of nitrogens with zero attached hydrogens (tertiary/aromatic N) is 2. The van der Waals surface area contributed by atoms with Gasteiger partial charge in [0.2, 0.25) is 0 Å². The summed E-state index contributed by atoms with van der Waals surface area (Å²) in [7, 11) is 1.83. The second-order valence-corrected chi connectivity index (χ2v) is 5.04. The van der Waals surface area contributed by atoms with Crippen LogP contribution in [-0.2, 0) is 26.1 Å². The van der Waals surface area contributed by atoms with Gasteiger partial charge in [-0.15, -0.1) is 0 Å². The Labute approximate surface area is 121 Å². The van der Waals surface area contributed by atoms with Crippen LogP contribution < -0.4 is 0 Å². The molecule has 0 aliphatic rings. The number of aliphatic hydroxyl groups is 1. The van der Waals surface area contributed by atoms with E-state index in [4.69, 9.17) is 0 Å². The number of benzene rings is 1. The highest BCUT2D eigenvalue weighted by Crippen LogP contribution is 2.29. The molecule has 1 atom stereocenters. The highest BCUT2D eigenvalue weighted by molar-refractivity contribution is 5.25. The quantitative estimate of drug-likeness (QED) is 0.921. The molecule has 0 saturated carbocycles. The molecular formula is C15H17F3N2O. The molecule has 0 bridgehead atoms. The molecule has 1 aromatic heterocycles. The third-order valence-corrected chi connectivity index (χ3v) is 3.41. The summed E-state index contributed by atoms with van der Waals surface area (Å²) >= 11 is 0. The van der Waals surface area contributed by atoms with Crippen molar-refractivity contribution in [1.82, 2.24) is 9.78 Å². The standard InChI is InChI=1S/C15H17F3N2O/c1-20-13(8-9-19-20)6-7-14(21)10-11-2-4-12(5-3-11)15(16,17)18/h2-5,8-9,14,21H,6-7,10H2,1H3. The number of halogens is 3. The van der Waals surface area contributed by atoms with E-state index in [2.05, 4.69) is 5.10 Å². The van der Waals surface area contributed by atoms with E-state index in [9.17, 15) is 18.3 Å². The number of aryl methyl sites for hydroxylation is 2. The van der Waals surface area contributed by atoms with Crippen molar-refractivity contribution >= 4 is 0 Å². The molecule has 0 amide bonds. The minimum atomic E-state index is -4.32. The van der Waals surface area contributed by atoms with Crippen LogP contribution in [0, 0.1) is 0 Å². The fourth-order valence-corrected chi connectivity index (χ4v) is 2.16. The lowest BCUT2D eigenvalue weighted by Crippen LogP contribution is -2.13. The number of hydrogen-bond donors (Lipinski definition) is 1. The molecule has 0 radical (unpaired) electrons. The Morgan fingerprint density at radius 1 is 1.19 bits per heavy atom. The van der Waals surface area contributed by atoms with Crippen LogP contribution in [0.2, 0.25) is 0 Å². The molecule has 6 heteroatoms. The zero-order valence-electron chi connectivity index (χ0n) is 11.6. The van der Waals surface area contributed by atoms with Crippen LogP contribution in [0.3, 0.4) is 0 Å². The molecule has 2 rings (SSSR count). The lowest BCUT2D eigenvalue weighted by molar-refractivity contribution is -0.137. The smallest absolute Gasteiger partial charge is 0.393 e. The van der Waals surface area contributed by atoms with E-state index in [0.29, 0.717) is 24.8 Å². The van der Waals surface area contributed by atoms with Gasteiger partial charge in [0.05, 0.1) is 11.7 Å². The predicted octanol–water partition coefficient (Wildman–Crippen LogP) is 2.98. The monoisotopic (exact) mass is 298 g/mol. The lowest BCUT2D eigenvalue weighted by Gasteiger charge is -2.12. The summed E-state index contributed by atoms with van der Waals surface area (Å²) in [5.41, 5.74) is 1.04. The first-order chi connectivity index (χ1) is 9.86. The minimum absolute atomic E-state index is 0.343. The maximum absolute atomic E-state index is 12.4. The fraction of sp³-hybridized carbons (Fsp3) is 0.400. The van der Waals surface area contributed by atoms with Gasteiger partial charge in [-0.2, -0.15) is 18.3 Å². The van der Waals surface area contributed by atoms with Crippen molar-refractivity contribution in [1.29, 1.82) is 0 Å². The van der Waals surface area contributed by atoms with Crippen LogP contribution >= 0.6 is 0 Å². The van der Waals surface area contributed by atoms with Crippen LogP contribution in [0.15, 0.2) is 36.5 Å². The predicted molar refractivity (Wildman–Crippen MR) is 72.7 cm³/mol. The molecule has 0 aliphatic carbocycles. The third-order valence-electron chi connectivity index (χ3n) is 3.41. The van der Waals surface area contributed by atoms with E-state index in [-0.39, 0.29) is 0 Å². The molecule has 3 nitrogen and oxygen atoms in total. The average Bonchev–Trinajstić information content (AvgIpc) is 2.81.